The van der Waals surface area contributed by atoms with Gasteiger partial charge in [-0.05, 0) is 44.4 Å². The molecule has 128 valence electrons. The quantitative estimate of drug-likeness (QED) is 0.765. The predicted octanol–water partition coefficient (Wildman–Crippen LogP) is 1.68. The van der Waals surface area contributed by atoms with Crippen LogP contribution in [0.1, 0.15) is 37.8 Å². The van der Waals surface area contributed by atoms with E-state index >= 15 is 0 Å². The first-order chi connectivity index (χ1) is 11.1. The minimum atomic E-state index is 0.0116. The topological polar surface area (TPSA) is 61.8 Å². The van der Waals surface area contributed by atoms with Gasteiger partial charge in [-0.1, -0.05) is 24.3 Å². The molecule has 1 amide bonds. The number of likely N-dealkylation sites (tertiary alicyclic amines) is 1. The summed E-state index contributed by atoms with van der Waals surface area (Å²) in [6.07, 6.45) is 2.25. The van der Waals surface area contributed by atoms with Crippen molar-refractivity contribution in [2.75, 3.05) is 19.7 Å². The molecule has 1 aliphatic heterocycles. The lowest BCUT2D eigenvalue weighted by Gasteiger charge is -2.21. The Morgan fingerprint density at radius 3 is 2.70 bits per heavy atom. The molecule has 1 aromatic rings. The van der Waals surface area contributed by atoms with E-state index in [4.69, 9.17) is 4.74 Å². The van der Waals surface area contributed by atoms with Gasteiger partial charge in [0.25, 0.3) is 0 Å². The number of carbonyl (C=O) groups is 1. The van der Waals surface area contributed by atoms with E-state index in [1.165, 1.54) is 0 Å². The first-order valence-corrected chi connectivity index (χ1v) is 8.39. The van der Waals surface area contributed by atoms with Crippen LogP contribution in [-0.4, -0.2) is 47.8 Å². The number of aliphatic hydroxyl groups excluding tert-OH is 1. The number of amides is 1. The van der Waals surface area contributed by atoms with Crippen molar-refractivity contribution in [2.45, 2.75) is 52.0 Å². The van der Waals surface area contributed by atoms with Gasteiger partial charge in [-0.25, -0.2) is 0 Å². The van der Waals surface area contributed by atoms with Gasteiger partial charge in [-0.3, -0.25) is 9.69 Å². The van der Waals surface area contributed by atoms with Crippen LogP contribution in [0.2, 0.25) is 0 Å². The molecule has 1 aromatic carbocycles. The average Bonchev–Trinajstić information content (AvgIpc) is 2.99. The molecule has 5 heteroatoms. The smallest absolute Gasteiger partial charge is 0.234 e. The number of hydrogen-bond acceptors (Lipinski definition) is 4. The van der Waals surface area contributed by atoms with Gasteiger partial charge in [-0.15, -0.1) is 0 Å². The standard InChI is InChI=1S/C18H28N2O3/c1-14(2)23-13-16-7-5-15(6-8-16)10-19-18(22)11-20-9-3-4-17(20)12-21/h5-8,14,17,21H,3-4,9-13H2,1-2H3,(H,19,22)/t17-/m1/s1. The molecule has 0 bridgehead atoms. The minimum absolute atomic E-state index is 0.0116. The fourth-order valence-electron chi connectivity index (χ4n) is 2.77. The number of nitrogens with zero attached hydrogens (tertiary/aromatic N) is 1. The van der Waals surface area contributed by atoms with E-state index in [1.807, 2.05) is 38.1 Å². The van der Waals surface area contributed by atoms with E-state index in [1.54, 1.807) is 0 Å². The summed E-state index contributed by atoms with van der Waals surface area (Å²) in [5.74, 6) is 0.0116. The molecule has 0 unspecified atom stereocenters. The van der Waals surface area contributed by atoms with Crippen LogP contribution in [0.5, 0.6) is 0 Å². The Labute approximate surface area is 138 Å². The Morgan fingerprint density at radius 2 is 2.04 bits per heavy atom. The maximum atomic E-state index is 12.0. The fourth-order valence-corrected chi connectivity index (χ4v) is 2.77. The van der Waals surface area contributed by atoms with Crippen LogP contribution in [0.3, 0.4) is 0 Å². The van der Waals surface area contributed by atoms with Gasteiger partial charge in [0.2, 0.25) is 5.91 Å². The van der Waals surface area contributed by atoms with Gasteiger partial charge in [0.15, 0.2) is 0 Å². The molecule has 0 saturated carbocycles. The highest BCUT2D eigenvalue weighted by Crippen LogP contribution is 2.15. The Hall–Kier alpha value is -1.43. The van der Waals surface area contributed by atoms with E-state index < -0.39 is 0 Å². The van der Waals surface area contributed by atoms with Crippen LogP contribution in [0.15, 0.2) is 24.3 Å². The van der Waals surface area contributed by atoms with E-state index in [-0.39, 0.29) is 24.7 Å². The van der Waals surface area contributed by atoms with Gasteiger partial charge in [0.1, 0.15) is 0 Å². The van der Waals surface area contributed by atoms with Crippen molar-refractivity contribution in [3.8, 4) is 0 Å². The van der Waals surface area contributed by atoms with E-state index in [9.17, 15) is 9.90 Å². The van der Waals surface area contributed by atoms with Crippen LogP contribution < -0.4 is 5.32 Å². The highest BCUT2D eigenvalue weighted by Gasteiger charge is 2.25. The van der Waals surface area contributed by atoms with Gasteiger partial charge in [0.05, 0.1) is 25.9 Å². The number of hydrogen-bond donors (Lipinski definition) is 2. The summed E-state index contributed by atoms with van der Waals surface area (Å²) in [7, 11) is 0. The Morgan fingerprint density at radius 1 is 1.35 bits per heavy atom. The largest absolute Gasteiger partial charge is 0.395 e. The molecule has 5 nitrogen and oxygen atoms in total. The van der Waals surface area contributed by atoms with Crippen molar-refractivity contribution in [2.24, 2.45) is 0 Å². The molecule has 23 heavy (non-hydrogen) atoms. The maximum absolute atomic E-state index is 12.0. The monoisotopic (exact) mass is 320 g/mol. The zero-order chi connectivity index (χ0) is 16.7. The second-order valence-corrected chi connectivity index (χ2v) is 6.40. The summed E-state index contributed by atoms with van der Waals surface area (Å²) in [6, 6.07) is 8.25. The third-order valence-electron chi connectivity index (χ3n) is 4.15. The molecule has 1 heterocycles. The SMILES string of the molecule is CC(C)OCc1ccc(CNC(=O)CN2CCC[C@@H]2CO)cc1. The van der Waals surface area contributed by atoms with Crippen molar-refractivity contribution in [3.63, 3.8) is 0 Å². The number of carbonyl (C=O) groups excluding carboxylic acids is 1. The van der Waals surface area contributed by atoms with E-state index in [0.29, 0.717) is 19.7 Å². The lowest BCUT2D eigenvalue weighted by Crippen LogP contribution is -2.40. The lowest BCUT2D eigenvalue weighted by atomic mass is 10.1. The van der Waals surface area contributed by atoms with Gasteiger partial charge in [-0.2, -0.15) is 0 Å². The van der Waals surface area contributed by atoms with Gasteiger partial charge < -0.3 is 15.2 Å². The summed E-state index contributed by atoms with van der Waals surface area (Å²) >= 11 is 0. The maximum Gasteiger partial charge on any atom is 0.234 e. The van der Waals surface area contributed by atoms with Crippen LogP contribution in [0.4, 0.5) is 0 Å². The fraction of sp³-hybridized carbons (Fsp3) is 0.611. The number of aliphatic hydroxyl groups is 1. The van der Waals surface area contributed by atoms with Crippen LogP contribution >= 0.6 is 0 Å². The molecule has 0 radical (unpaired) electrons. The highest BCUT2D eigenvalue weighted by molar-refractivity contribution is 5.78. The molecule has 1 aliphatic rings. The molecule has 0 spiro atoms. The molecular formula is C18H28N2O3. The molecular weight excluding hydrogens is 292 g/mol. The second kappa shape index (κ2) is 9.01. The predicted molar refractivity (Wildman–Crippen MR) is 89.9 cm³/mol. The van der Waals surface area contributed by atoms with Crippen molar-refractivity contribution in [1.82, 2.24) is 10.2 Å². The molecule has 1 fully saturated rings. The van der Waals surface area contributed by atoms with Crippen molar-refractivity contribution >= 4 is 5.91 Å². The lowest BCUT2D eigenvalue weighted by molar-refractivity contribution is -0.122. The zero-order valence-corrected chi connectivity index (χ0v) is 14.1. The van der Waals surface area contributed by atoms with Crippen LogP contribution in [0, 0.1) is 0 Å². The number of nitrogens with one attached hydrogen (secondary N) is 1. The van der Waals surface area contributed by atoms with Gasteiger partial charge >= 0.3 is 0 Å². The normalized spacial score (nSPS) is 18.5. The van der Waals surface area contributed by atoms with Crippen LogP contribution in [0.25, 0.3) is 0 Å². The van der Waals surface area contributed by atoms with Crippen LogP contribution in [-0.2, 0) is 22.7 Å². The van der Waals surface area contributed by atoms with Crippen molar-refractivity contribution in [1.29, 1.82) is 0 Å². The average molecular weight is 320 g/mol. The molecule has 2 N–H and O–H groups in total. The Balaban J connectivity index is 1.73. The van der Waals surface area contributed by atoms with E-state index in [2.05, 4.69) is 10.2 Å². The number of ether oxygens (including phenoxy) is 1. The summed E-state index contributed by atoms with van der Waals surface area (Å²) in [5, 5.41) is 12.2. The summed E-state index contributed by atoms with van der Waals surface area (Å²) < 4.78 is 5.57. The van der Waals surface area contributed by atoms with E-state index in [0.717, 1.165) is 30.5 Å². The summed E-state index contributed by atoms with van der Waals surface area (Å²) in [4.78, 5) is 14.1. The van der Waals surface area contributed by atoms with Gasteiger partial charge in [0, 0.05) is 12.6 Å². The molecule has 0 aliphatic carbocycles. The third-order valence-corrected chi connectivity index (χ3v) is 4.15. The zero-order valence-electron chi connectivity index (χ0n) is 14.1. The molecule has 0 aromatic heterocycles. The van der Waals surface area contributed by atoms with Crippen molar-refractivity contribution in [3.05, 3.63) is 35.4 Å². The molecule has 1 atom stereocenters. The summed E-state index contributed by atoms with van der Waals surface area (Å²) in [6.45, 7) is 6.57. The second-order valence-electron chi connectivity index (χ2n) is 6.40. The minimum Gasteiger partial charge on any atom is -0.395 e. The first kappa shape index (κ1) is 17.9. The number of benzene rings is 1. The molecule has 1 saturated heterocycles. The summed E-state index contributed by atoms with van der Waals surface area (Å²) in [5.41, 5.74) is 2.21. The Kier molecular flexibility index (Phi) is 7.02. The first-order valence-electron chi connectivity index (χ1n) is 8.39. The van der Waals surface area contributed by atoms with Crippen molar-refractivity contribution < 1.29 is 14.6 Å². The highest BCUT2D eigenvalue weighted by atomic mass is 16.5. The number of rotatable bonds is 8. The Bertz CT molecular complexity index is 488. The molecule has 2 rings (SSSR count). The third kappa shape index (κ3) is 5.94.